The summed E-state index contributed by atoms with van der Waals surface area (Å²) >= 11 is 8.66. The minimum absolute atomic E-state index is 0.0113. The van der Waals surface area contributed by atoms with E-state index in [2.05, 4.69) is 4.99 Å². The maximum Gasteiger partial charge on any atom is 0.169 e. The lowest BCUT2D eigenvalue weighted by atomic mass is 9.67. The number of amidine groups is 1. The van der Waals surface area contributed by atoms with Gasteiger partial charge in [-0.15, -0.1) is 11.8 Å². The molecular formula is C56H58F3N3O6S3. The van der Waals surface area contributed by atoms with Crippen LogP contribution in [0, 0.1) is 35.2 Å². The fraction of sp³-hybridized carbons (Fsp3) is 0.375. The molecular weight excluding hydrogens is 964 g/mol. The SMILES string of the molecule is C[C@H]1OC[C@@](CC(=S)CC(=O)c2ccccc2)(c2ccccc2F)[C@@H]1CO.C[C@H]1OC[C@]2(c3ccccc3F)N=C(CC(=O)c3ccccc3)SC[C@H]12.C[C@H]1OC[C@]2(c3ccccc3F)N=C(N)SC[C@H]12. The number of carbonyl (C=O) groups excluding carboxylic acids is 2. The molecule has 0 aliphatic carbocycles. The number of aliphatic hydroxyl groups is 1. The predicted molar refractivity (Wildman–Crippen MR) is 280 cm³/mol. The second-order valence-corrected chi connectivity index (χ2v) is 21.4. The minimum Gasteiger partial charge on any atom is -0.396 e. The Balaban J connectivity index is 0.000000146. The molecule has 71 heavy (non-hydrogen) atoms. The molecule has 372 valence electrons. The highest BCUT2D eigenvalue weighted by atomic mass is 32.2. The average molecular weight is 1020 g/mol. The van der Waals surface area contributed by atoms with Crippen molar-refractivity contribution in [2.45, 2.75) is 74.8 Å². The van der Waals surface area contributed by atoms with E-state index >= 15 is 0 Å². The molecule has 5 aliphatic rings. The van der Waals surface area contributed by atoms with Crippen molar-refractivity contribution in [2.75, 3.05) is 37.9 Å². The van der Waals surface area contributed by atoms with Gasteiger partial charge >= 0.3 is 0 Å². The molecule has 5 aliphatic heterocycles. The van der Waals surface area contributed by atoms with Crippen molar-refractivity contribution in [3.63, 3.8) is 0 Å². The van der Waals surface area contributed by atoms with Crippen LogP contribution in [0.5, 0.6) is 0 Å². The largest absolute Gasteiger partial charge is 0.396 e. The number of nitrogens with zero attached hydrogens (tertiary/aromatic N) is 2. The van der Waals surface area contributed by atoms with E-state index in [1.54, 1.807) is 66.4 Å². The smallest absolute Gasteiger partial charge is 0.169 e. The van der Waals surface area contributed by atoms with Gasteiger partial charge in [0.25, 0.3) is 0 Å². The number of halogens is 3. The van der Waals surface area contributed by atoms with Crippen LogP contribution >= 0.6 is 35.7 Å². The summed E-state index contributed by atoms with van der Waals surface area (Å²) in [6.45, 7) is 6.80. The molecule has 9 atom stereocenters. The molecule has 5 heterocycles. The van der Waals surface area contributed by atoms with Gasteiger partial charge in [-0.3, -0.25) is 14.6 Å². The highest BCUT2D eigenvalue weighted by Gasteiger charge is 2.54. The zero-order chi connectivity index (χ0) is 50.3. The third-order valence-electron chi connectivity index (χ3n) is 14.5. The van der Waals surface area contributed by atoms with Crippen LogP contribution in [0.25, 0.3) is 0 Å². The molecule has 0 unspecified atom stereocenters. The maximum absolute atomic E-state index is 14.7. The third kappa shape index (κ3) is 11.0. The number of benzene rings is 5. The number of nitrogens with two attached hydrogens (primary N) is 1. The Morgan fingerprint density at radius 1 is 0.634 bits per heavy atom. The number of thiocarbonyl (C=S) groups is 1. The summed E-state index contributed by atoms with van der Waals surface area (Å²) in [5, 5.41) is 11.3. The normalized spacial score (nSPS) is 28.4. The summed E-state index contributed by atoms with van der Waals surface area (Å²) in [6.07, 6.45) is 0.541. The van der Waals surface area contributed by atoms with Crippen LogP contribution in [0.3, 0.4) is 0 Å². The molecule has 0 spiro atoms. The number of Topliss-reactive ketones (excluding diaryl/α,β-unsaturated/α-hetero) is 2. The van der Waals surface area contributed by atoms with Gasteiger partial charge in [0.15, 0.2) is 16.7 Å². The number of aliphatic imine (C=N–C) groups is 2. The summed E-state index contributed by atoms with van der Waals surface area (Å²) in [5.74, 6) is 0.712. The van der Waals surface area contributed by atoms with Crippen molar-refractivity contribution >= 4 is 62.4 Å². The molecule has 0 saturated carbocycles. The van der Waals surface area contributed by atoms with Crippen molar-refractivity contribution in [2.24, 2.45) is 33.5 Å². The van der Waals surface area contributed by atoms with Gasteiger partial charge in [-0.05, 0) is 51.0 Å². The van der Waals surface area contributed by atoms with Crippen LogP contribution < -0.4 is 5.73 Å². The van der Waals surface area contributed by atoms with Crippen molar-refractivity contribution in [3.8, 4) is 0 Å². The Morgan fingerprint density at radius 3 is 1.61 bits per heavy atom. The number of hydrogen-bond donors (Lipinski definition) is 2. The van der Waals surface area contributed by atoms with Crippen LogP contribution in [0.2, 0.25) is 0 Å². The van der Waals surface area contributed by atoms with Crippen LogP contribution in [0.15, 0.2) is 143 Å². The van der Waals surface area contributed by atoms with E-state index < -0.39 is 16.5 Å². The number of aliphatic hydroxyl groups excluding tert-OH is 1. The molecule has 0 aromatic heterocycles. The number of carbonyl (C=O) groups is 2. The summed E-state index contributed by atoms with van der Waals surface area (Å²) in [4.78, 5) is 35.1. The molecule has 0 amide bonds. The number of hydrogen-bond acceptors (Lipinski definition) is 12. The van der Waals surface area contributed by atoms with Crippen molar-refractivity contribution in [3.05, 3.63) is 179 Å². The summed E-state index contributed by atoms with van der Waals surface area (Å²) in [7, 11) is 0. The molecule has 3 N–H and O–H groups in total. The van der Waals surface area contributed by atoms with Crippen molar-refractivity contribution < 1.29 is 42.1 Å². The molecule has 3 saturated heterocycles. The Kier molecular flexibility index (Phi) is 16.8. The standard InChI is InChI=1S/C22H23FO3S.C21H20FNO2S.C13H15FN2OS/c1-15-19(13-24)22(14-26-15,18-9-5-6-10-20(18)23)12-17(27)11-21(25)16-7-3-2-4-8-16;1-14-17-12-26-20(11-19(24)15-7-3-2-4-8-15)23-21(17,13-25-14)16-9-5-6-10-18(16)22;1-8-10-6-18-12(15)16-13(10,7-17-8)9-4-2-3-5-11(9)14/h2-10,15,19,24H,11-14H2,1H3;2-10,14,17H,11-13H2,1H3;2-5,8,10H,6-7H2,1H3,(H2,15,16)/t15-,19-,22+;14-,17-,21-;8-,10-,13-/m111/s1. The van der Waals surface area contributed by atoms with Gasteiger partial charge in [0.1, 0.15) is 28.5 Å². The van der Waals surface area contributed by atoms with Gasteiger partial charge in [0.05, 0.1) is 49.6 Å². The van der Waals surface area contributed by atoms with Gasteiger partial charge in [0.2, 0.25) is 0 Å². The van der Waals surface area contributed by atoms with Crippen molar-refractivity contribution in [1.82, 2.24) is 0 Å². The third-order valence-corrected chi connectivity index (χ3v) is 16.8. The molecule has 5 aromatic rings. The van der Waals surface area contributed by atoms with E-state index in [0.29, 0.717) is 57.5 Å². The van der Waals surface area contributed by atoms with Crippen LogP contribution in [-0.4, -0.2) is 88.0 Å². The lowest BCUT2D eigenvalue weighted by molar-refractivity contribution is 0.0861. The summed E-state index contributed by atoms with van der Waals surface area (Å²) < 4.78 is 60.7. The monoisotopic (exact) mass is 1020 g/mol. The lowest BCUT2D eigenvalue weighted by Crippen LogP contribution is -2.41. The van der Waals surface area contributed by atoms with E-state index in [1.165, 1.54) is 30.0 Å². The quantitative estimate of drug-likeness (QED) is 0.0919. The fourth-order valence-electron chi connectivity index (χ4n) is 10.6. The lowest BCUT2D eigenvalue weighted by Gasteiger charge is -2.36. The number of fused-ring (bicyclic) bond motifs is 2. The molecule has 9 nitrogen and oxygen atoms in total. The van der Waals surface area contributed by atoms with E-state index in [4.69, 9.17) is 37.2 Å². The zero-order valence-corrected chi connectivity index (χ0v) is 42.3. The average Bonchev–Trinajstić information content (AvgIpc) is 4.01. The molecule has 5 aromatic carbocycles. The first-order valence-corrected chi connectivity index (χ1v) is 26.2. The molecule has 15 heteroatoms. The molecule has 3 fully saturated rings. The van der Waals surface area contributed by atoms with E-state index in [-0.39, 0.29) is 91.1 Å². The second kappa shape index (κ2) is 22.8. The number of thioether (sulfide) groups is 2. The van der Waals surface area contributed by atoms with Gasteiger partial charge in [-0.25, -0.2) is 18.2 Å². The van der Waals surface area contributed by atoms with Crippen LogP contribution in [-0.2, 0) is 30.7 Å². The Bertz CT molecular complexity index is 2770. The van der Waals surface area contributed by atoms with E-state index in [9.17, 15) is 27.9 Å². The highest BCUT2D eigenvalue weighted by Crippen LogP contribution is 2.50. The summed E-state index contributed by atoms with van der Waals surface area (Å²) in [6, 6.07) is 38.3. The first-order valence-electron chi connectivity index (χ1n) is 23.8. The van der Waals surface area contributed by atoms with Gasteiger partial charge in [-0.2, -0.15) is 0 Å². The highest BCUT2D eigenvalue weighted by molar-refractivity contribution is 8.14. The maximum atomic E-state index is 14.7. The number of rotatable bonds is 12. The fourth-order valence-corrected chi connectivity index (χ4v) is 13.5. The summed E-state index contributed by atoms with van der Waals surface area (Å²) in [5.41, 5.74) is 6.64. The minimum atomic E-state index is -0.770. The van der Waals surface area contributed by atoms with Gasteiger partial charge in [0, 0.05) is 74.8 Å². The predicted octanol–water partition coefficient (Wildman–Crippen LogP) is 10.7. The second-order valence-electron chi connectivity index (χ2n) is 18.7. The number of ether oxygens (including phenoxy) is 3. The Hall–Kier alpha value is -5.00. The Labute approximate surface area is 427 Å². The first-order chi connectivity index (χ1) is 34.2. The van der Waals surface area contributed by atoms with Crippen LogP contribution in [0.1, 0.15) is 77.4 Å². The molecule has 10 rings (SSSR count). The van der Waals surface area contributed by atoms with Crippen molar-refractivity contribution in [1.29, 1.82) is 0 Å². The van der Waals surface area contributed by atoms with Crippen LogP contribution in [0.4, 0.5) is 13.2 Å². The molecule has 0 radical (unpaired) electrons. The van der Waals surface area contributed by atoms with Gasteiger partial charge < -0.3 is 25.1 Å². The Morgan fingerprint density at radius 2 is 1.08 bits per heavy atom. The van der Waals surface area contributed by atoms with E-state index in [0.717, 1.165) is 16.5 Å². The topological polar surface area (TPSA) is 133 Å². The molecule has 0 bridgehead atoms. The van der Waals surface area contributed by atoms with E-state index in [1.807, 2.05) is 81.4 Å². The zero-order valence-electron chi connectivity index (χ0n) is 39.8. The number of ketones is 2. The van der Waals surface area contributed by atoms with Gasteiger partial charge in [-0.1, -0.05) is 139 Å². The first kappa shape index (κ1) is 52.3.